The number of nitrogens with one attached hydrogen (secondary N) is 2. The number of aryl methyl sites for hydroxylation is 2. The molecule has 0 aliphatic rings. The van der Waals surface area contributed by atoms with Gasteiger partial charge in [-0.2, -0.15) is 5.10 Å². The summed E-state index contributed by atoms with van der Waals surface area (Å²) < 4.78 is 1.97. The van der Waals surface area contributed by atoms with Crippen molar-refractivity contribution in [1.29, 1.82) is 0 Å². The van der Waals surface area contributed by atoms with Crippen LogP contribution in [0.15, 0.2) is 37.0 Å². The highest BCUT2D eigenvalue weighted by molar-refractivity contribution is 5.84. The summed E-state index contributed by atoms with van der Waals surface area (Å²) in [6.45, 7) is 12.3. The van der Waals surface area contributed by atoms with Crippen LogP contribution in [0.4, 0.5) is 17.3 Å². The molecule has 2 heterocycles. The number of nitrogens with zero attached hydrogens (tertiary/aromatic N) is 3. The van der Waals surface area contributed by atoms with E-state index in [1.165, 1.54) is 0 Å². The van der Waals surface area contributed by atoms with Crippen LogP contribution >= 0.6 is 0 Å². The molecule has 7 heteroatoms. The van der Waals surface area contributed by atoms with Crippen molar-refractivity contribution in [2.45, 2.75) is 27.3 Å². The van der Waals surface area contributed by atoms with Crippen molar-refractivity contribution in [3.8, 4) is 0 Å². The second-order valence-corrected chi connectivity index (χ2v) is 7.16. The summed E-state index contributed by atoms with van der Waals surface area (Å²) in [7, 11) is 0. The van der Waals surface area contributed by atoms with Gasteiger partial charge in [-0.3, -0.25) is 4.68 Å². The van der Waals surface area contributed by atoms with E-state index in [1.54, 1.807) is 0 Å². The Morgan fingerprint density at radius 2 is 2.07 bits per heavy atom. The van der Waals surface area contributed by atoms with Gasteiger partial charge in [0.15, 0.2) is 0 Å². The highest BCUT2D eigenvalue weighted by atomic mass is 15.3. The van der Waals surface area contributed by atoms with Gasteiger partial charge in [-0.1, -0.05) is 13.5 Å². The van der Waals surface area contributed by atoms with E-state index in [-0.39, 0.29) is 0 Å². The number of hydrogen-bond donors (Lipinski definition) is 4. The van der Waals surface area contributed by atoms with Crippen LogP contribution in [0.5, 0.6) is 0 Å². The first-order valence-electron chi connectivity index (χ1n) is 9.55. The monoisotopic (exact) mass is 379 g/mol. The third-order valence-corrected chi connectivity index (χ3v) is 4.78. The van der Waals surface area contributed by atoms with Crippen LogP contribution in [0.1, 0.15) is 25.0 Å². The maximum atomic E-state index is 6.02. The minimum Gasteiger partial charge on any atom is -0.399 e. The zero-order valence-electron chi connectivity index (χ0n) is 16.8. The van der Waals surface area contributed by atoms with E-state index in [4.69, 9.17) is 16.5 Å². The Bertz CT molecular complexity index is 990. The number of anilines is 3. The fourth-order valence-corrected chi connectivity index (χ4v) is 3.04. The third-order valence-electron chi connectivity index (χ3n) is 4.78. The molecule has 3 rings (SSSR count). The van der Waals surface area contributed by atoms with E-state index in [0.717, 1.165) is 46.6 Å². The number of rotatable bonds is 8. The predicted molar refractivity (Wildman–Crippen MR) is 118 cm³/mol. The van der Waals surface area contributed by atoms with Gasteiger partial charge in [-0.15, -0.1) is 0 Å². The van der Waals surface area contributed by atoms with Gasteiger partial charge in [0.2, 0.25) is 0 Å². The maximum absolute atomic E-state index is 6.02. The average molecular weight is 380 g/mol. The molecular formula is C21H29N7. The van der Waals surface area contributed by atoms with Crippen molar-refractivity contribution in [1.82, 2.24) is 14.8 Å². The van der Waals surface area contributed by atoms with Gasteiger partial charge < -0.3 is 22.1 Å². The van der Waals surface area contributed by atoms with Crippen LogP contribution < -0.4 is 22.1 Å². The van der Waals surface area contributed by atoms with E-state index in [2.05, 4.69) is 48.3 Å². The van der Waals surface area contributed by atoms with E-state index < -0.39 is 0 Å². The molecule has 0 saturated heterocycles. The molecule has 0 radical (unpaired) electrons. The standard InChI is InChI=1S/C21H29N7/c1-5-28-19-7-6-17(9-16(19)12-25-28)26-21-18(15(4)23)8-14(3)20(27-21)24-11-13(2)10-22/h6-9,12-13H,4-5,10-11,22-23H2,1-3H3,(H2,24,26,27). The Labute approximate surface area is 165 Å². The second-order valence-electron chi connectivity index (χ2n) is 7.16. The summed E-state index contributed by atoms with van der Waals surface area (Å²) in [5.41, 5.74) is 16.0. The Balaban J connectivity index is 1.93. The molecule has 3 aromatic rings. The summed E-state index contributed by atoms with van der Waals surface area (Å²) in [5.74, 6) is 1.84. The van der Waals surface area contributed by atoms with E-state index in [9.17, 15) is 0 Å². The quantitative estimate of drug-likeness (QED) is 0.478. The lowest BCUT2D eigenvalue weighted by molar-refractivity contribution is 0.626. The van der Waals surface area contributed by atoms with Crippen molar-refractivity contribution in [2.24, 2.45) is 17.4 Å². The molecule has 28 heavy (non-hydrogen) atoms. The number of nitrogens with two attached hydrogens (primary N) is 2. The molecule has 6 N–H and O–H groups in total. The molecule has 0 aliphatic heterocycles. The maximum Gasteiger partial charge on any atom is 0.142 e. The number of aromatic nitrogens is 3. The third kappa shape index (κ3) is 4.09. The van der Waals surface area contributed by atoms with Gasteiger partial charge >= 0.3 is 0 Å². The minimum atomic E-state index is 0.360. The van der Waals surface area contributed by atoms with Crippen molar-refractivity contribution in [2.75, 3.05) is 23.7 Å². The molecule has 1 atom stereocenters. The van der Waals surface area contributed by atoms with Gasteiger partial charge in [0.05, 0.1) is 11.7 Å². The van der Waals surface area contributed by atoms with Crippen molar-refractivity contribution < 1.29 is 0 Å². The smallest absolute Gasteiger partial charge is 0.142 e. The van der Waals surface area contributed by atoms with E-state index in [0.29, 0.717) is 24.0 Å². The molecule has 0 aliphatic carbocycles. The van der Waals surface area contributed by atoms with E-state index in [1.807, 2.05) is 29.9 Å². The van der Waals surface area contributed by atoms with E-state index >= 15 is 0 Å². The topological polar surface area (TPSA) is 107 Å². The lowest BCUT2D eigenvalue weighted by Gasteiger charge is -2.17. The van der Waals surface area contributed by atoms with Gasteiger partial charge in [0.1, 0.15) is 11.6 Å². The van der Waals surface area contributed by atoms with Crippen LogP contribution in [-0.2, 0) is 6.54 Å². The lowest BCUT2D eigenvalue weighted by atomic mass is 10.1. The van der Waals surface area contributed by atoms with Crippen LogP contribution in [0.25, 0.3) is 16.6 Å². The largest absolute Gasteiger partial charge is 0.399 e. The van der Waals surface area contributed by atoms with Crippen molar-refractivity contribution in [3.63, 3.8) is 0 Å². The number of hydrogen-bond acceptors (Lipinski definition) is 6. The zero-order chi connectivity index (χ0) is 20.3. The lowest BCUT2D eigenvalue weighted by Crippen LogP contribution is -2.21. The number of fused-ring (bicyclic) bond motifs is 1. The molecule has 1 aromatic carbocycles. The Morgan fingerprint density at radius 1 is 1.29 bits per heavy atom. The summed E-state index contributed by atoms with van der Waals surface area (Å²) in [4.78, 5) is 4.77. The molecule has 1 unspecified atom stereocenters. The molecule has 2 aromatic heterocycles. The van der Waals surface area contributed by atoms with Crippen LogP contribution in [-0.4, -0.2) is 27.9 Å². The van der Waals surface area contributed by atoms with Gasteiger partial charge in [0.25, 0.3) is 0 Å². The summed E-state index contributed by atoms with van der Waals surface area (Å²) in [6, 6.07) is 8.13. The molecule has 0 amide bonds. The normalized spacial score (nSPS) is 12.1. The SMILES string of the molecule is C=C(N)c1cc(C)c(NCC(C)CN)nc1Nc1ccc2c(cnn2CC)c1. The molecule has 148 valence electrons. The van der Waals surface area contributed by atoms with Crippen LogP contribution in [0, 0.1) is 12.8 Å². The predicted octanol–water partition coefficient (Wildman–Crippen LogP) is 3.44. The number of benzene rings is 1. The first-order chi connectivity index (χ1) is 13.4. The zero-order valence-corrected chi connectivity index (χ0v) is 16.8. The van der Waals surface area contributed by atoms with Crippen molar-refractivity contribution in [3.05, 3.63) is 48.2 Å². The first kappa shape index (κ1) is 19.7. The fourth-order valence-electron chi connectivity index (χ4n) is 3.04. The van der Waals surface area contributed by atoms with Gasteiger partial charge in [-0.05, 0) is 56.1 Å². The average Bonchev–Trinajstić information content (AvgIpc) is 3.09. The summed E-state index contributed by atoms with van der Waals surface area (Å²) in [5, 5.41) is 12.2. The molecule has 7 nitrogen and oxygen atoms in total. The Kier molecular flexibility index (Phi) is 5.84. The highest BCUT2D eigenvalue weighted by Gasteiger charge is 2.12. The highest BCUT2D eigenvalue weighted by Crippen LogP contribution is 2.28. The van der Waals surface area contributed by atoms with Crippen LogP contribution in [0.2, 0.25) is 0 Å². The Hall–Kier alpha value is -3.06. The first-order valence-corrected chi connectivity index (χ1v) is 9.55. The van der Waals surface area contributed by atoms with Gasteiger partial charge in [0, 0.05) is 35.4 Å². The number of pyridine rings is 1. The molecule has 0 spiro atoms. The molecular weight excluding hydrogens is 350 g/mol. The Morgan fingerprint density at radius 3 is 2.75 bits per heavy atom. The minimum absolute atomic E-state index is 0.360. The molecule has 0 bridgehead atoms. The van der Waals surface area contributed by atoms with Gasteiger partial charge in [-0.25, -0.2) is 4.98 Å². The summed E-state index contributed by atoms with van der Waals surface area (Å²) >= 11 is 0. The van der Waals surface area contributed by atoms with Crippen LogP contribution in [0.3, 0.4) is 0 Å². The van der Waals surface area contributed by atoms with Crippen molar-refractivity contribution >= 4 is 33.9 Å². The molecule has 0 fully saturated rings. The fraction of sp³-hybridized carbons (Fsp3) is 0.333. The molecule has 0 saturated carbocycles. The second kappa shape index (κ2) is 8.31. The summed E-state index contributed by atoms with van der Waals surface area (Å²) in [6.07, 6.45) is 1.87.